The van der Waals surface area contributed by atoms with Crippen molar-refractivity contribution in [2.75, 3.05) is 0 Å². The van der Waals surface area contributed by atoms with Crippen molar-refractivity contribution in [3.05, 3.63) is 164 Å². The van der Waals surface area contributed by atoms with E-state index in [0.29, 0.717) is 5.95 Å². The van der Waals surface area contributed by atoms with E-state index in [1.165, 1.54) is 73.4 Å². The van der Waals surface area contributed by atoms with E-state index in [4.69, 9.17) is 9.97 Å². The second-order valence-corrected chi connectivity index (χ2v) is 15.2. The molecule has 0 fully saturated rings. The molecule has 0 saturated carbocycles. The van der Waals surface area contributed by atoms with Crippen molar-refractivity contribution >= 4 is 84.8 Å². The lowest BCUT2D eigenvalue weighted by molar-refractivity contribution is 0.990. The maximum Gasteiger partial charge on any atom is 0.234 e. The third-order valence-corrected chi connectivity index (χ3v) is 12.4. The van der Waals surface area contributed by atoms with Gasteiger partial charge in [-0.3, -0.25) is 4.57 Å². The fourth-order valence-corrected chi connectivity index (χ4v) is 9.80. The highest BCUT2D eigenvalue weighted by Gasteiger charge is 2.17. The number of fused-ring (bicyclic) bond motifs is 9. The molecule has 11 aromatic rings. The van der Waals surface area contributed by atoms with Gasteiger partial charge in [-0.1, -0.05) is 91.0 Å². The van der Waals surface area contributed by atoms with Crippen LogP contribution in [0.2, 0.25) is 0 Å². The summed E-state index contributed by atoms with van der Waals surface area (Å²) in [6, 6.07) is 55.1. The summed E-state index contributed by atoms with van der Waals surface area (Å²) in [6.45, 7) is 0. The molecule has 51 heavy (non-hydrogen) atoms. The van der Waals surface area contributed by atoms with Gasteiger partial charge >= 0.3 is 0 Å². The van der Waals surface area contributed by atoms with Crippen LogP contribution in [0.3, 0.4) is 0 Å². The Labute approximate surface area is 301 Å². The summed E-state index contributed by atoms with van der Waals surface area (Å²) < 4.78 is 7.48. The zero-order valence-corrected chi connectivity index (χ0v) is 28.9. The van der Waals surface area contributed by atoms with Crippen molar-refractivity contribution < 1.29 is 0 Å². The fraction of sp³-hybridized carbons (Fsp3) is 0. The highest BCUT2D eigenvalue weighted by Crippen LogP contribution is 2.41. The average Bonchev–Trinajstić information content (AvgIpc) is 3.86. The molecule has 0 aliphatic rings. The number of nitrogens with zero attached hydrogens (tertiary/aromatic N) is 3. The minimum atomic E-state index is 0.660. The Morgan fingerprint density at radius 1 is 0.333 bits per heavy atom. The van der Waals surface area contributed by atoms with Crippen LogP contribution in [-0.4, -0.2) is 14.5 Å². The van der Waals surface area contributed by atoms with Crippen LogP contribution in [0.25, 0.3) is 101 Å². The second kappa shape index (κ2) is 11.2. The summed E-state index contributed by atoms with van der Waals surface area (Å²) in [6.07, 6.45) is 3.86. The molecule has 0 aliphatic carbocycles. The first-order chi connectivity index (χ1) is 25.2. The van der Waals surface area contributed by atoms with Crippen LogP contribution in [0.15, 0.2) is 164 Å². The highest BCUT2D eigenvalue weighted by molar-refractivity contribution is 7.26. The molecule has 3 nitrogen and oxygen atoms in total. The molecule has 0 bridgehead atoms. The summed E-state index contributed by atoms with van der Waals surface area (Å²) in [5.74, 6) is 0.660. The van der Waals surface area contributed by atoms with Gasteiger partial charge in [0.1, 0.15) is 0 Å². The van der Waals surface area contributed by atoms with E-state index in [-0.39, 0.29) is 0 Å². The molecule has 7 aromatic carbocycles. The molecule has 0 aliphatic heterocycles. The Bertz CT molecular complexity index is 2960. The number of aromatic nitrogens is 3. The first kappa shape index (κ1) is 28.7. The van der Waals surface area contributed by atoms with Crippen LogP contribution in [0.1, 0.15) is 0 Å². The summed E-state index contributed by atoms with van der Waals surface area (Å²) in [7, 11) is 0. The predicted octanol–water partition coefficient (Wildman–Crippen LogP) is 13.3. The Morgan fingerprint density at radius 3 is 1.29 bits per heavy atom. The molecule has 0 amide bonds. The fourth-order valence-electron chi connectivity index (χ4n) is 7.63. The van der Waals surface area contributed by atoms with Gasteiger partial charge in [-0.2, -0.15) is 0 Å². The van der Waals surface area contributed by atoms with Crippen LogP contribution in [0.5, 0.6) is 0 Å². The number of hydrogen-bond donors (Lipinski definition) is 0. The van der Waals surface area contributed by atoms with Gasteiger partial charge in [0.15, 0.2) is 0 Å². The lowest BCUT2D eigenvalue weighted by atomic mass is 9.98. The van der Waals surface area contributed by atoms with Gasteiger partial charge in [0, 0.05) is 69.1 Å². The van der Waals surface area contributed by atoms with Crippen molar-refractivity contribution in [3.8, 4) is 39.3 Å². The van der Waals surface area contributed by atoms with Crippen molar-refractivity contribution in [1.29, 1.82) is 0 Å². The Hall–Kier alpha value is -6.14. The lowest BCUT2D eigenvalue weighted by Gasteiger charge is -2.08. The predicted molar refractivity (Wildman–Crippen MR) is 218 cm³/mol. The molecule has 0 radical (unpaired) electrons. The SMILES string of the molecule is c1ccc(-c2cnc(-n3c4ccc(-c5ccc6sc7ccccc7c6c5)cc4c4cc(-c5ccc6sc7ccccc7c6c5)ccc43)nc2)cc1. The molecule has 0 saturated heterocycles. The molecule has 11 rings (SSSR count). The zero-order chi connectivity index (χ0) is 33.5. The largest absolute Gasteiger partial charge is 0.278 e. The highest BCUT2D eigenvalue weighted by atomic mass is 32.1. The van der Waals surface area contributed by atoms with Crippen LogP contribution in [0.4, 0.5) is 0 Å². The Kier molecular flexibility index (Phi) is 6.29. The minimum Gasteiger partial charge on any atom is -0.278 e. The Morgan fingerprint density at radius 2 is 0.765 bits per heavy atom. The molecule has 0 unspecified atom stereocenters. The quantitative estimate of drug-likeness (QED) is 0.185. The molecular weight excluding hydrogens is 659 g/mol. The monoisotopic (exact) mass is 685 g/mol. The number of thiophene rings is 2. The van der Waals surface area contributed by atoms with Crippen LogP contribution in [0, 0.1) is 0 Å². The van der Waals surface area contributed by atoms with E-state index < -0.39 is 0 Å². The number of rotatable bonds is 4. The standard InChI is InChI=1S/C46H27N3S2/c1-2-8-28(9-3-1)33-26-47-46(48-27-33)49-40-18-14-29(31-16-20-44-38(24-31)34-10-4-6-12-42(34)50-44)22-36(40)37-23-30(15-19-41(37)49)32-17-21-45-39(25-32)35-11-5-7-13-43(35)51-45/h1-27H. The normalized spacial score (nSPS) is 11.9. The van der Waals surface area contributed by atoms with E-state index >= 15 is 0 Å². The lowest BCUT2D eigenvalue weighted by Crippen LogP contribution is -2.00. The van der Waals surface area contributed by atoms with Gasteiger partial charge in [-0.05, 0) is 88.5 Å². The zero-order valence-electron chi connectivity index (χ0n) is 27.2. The summed E-state index contributed by atoms with van der Waals surface area (Å²) in [5, 5.41) is 7.60. The molecule has 4 aromatic heterocycles. The van der Waals surface area contributed by atoms with Gasteiger partial charge in [-0.15, -0.1) is 22.7 Å². The second-order valence-electron chi connectivity index (χ2n) is 13.1. The van der Waals surface area contributed by atoms with Crippen LogP contribution in [-0.2, 0) is 0 Å². The van der Waals surface area contributed by atoms with Crippen molar-refractivity contribution in [1.82, 2.24) is 14.5 Å². The van der Waals surface area contributed by atoms with Gasteiger partial charge < -0.3 is 0 Å². The molecule has 0 atom stereocenters. The van der Waals surface area contributed by atoms with E-state index in [1.54, 1.807) is 0 Å². The number of benzene rings is 7. The van der Waals surface area contributed by atoms with Crippen molar-refractivity contribution in [3.63, 3.8) is 0 Å². The molecule has 238 valence electrons. The van der Waals surface area contributed by atoms with Gasteiger partial charge in [0.25, 0.3) is 0 Å². The molecular formula is C46H27N3S2. The Balaban J connectivity index is 1.11. The third kappa shape index (κ3) is 4.56. The minimum absolute atomic E-state index is 0.660. The summed E-state index contributed by atoms with van der Waals surface area (Å²) in [5.41, 5.74) is 9.07. The van der Waals surface area contributed by atoms with Gasteiger partial charge in [-0.25, -0.2) is 9.97 Å². The first-order valence-corrected chi connectivity index (χ1v) is 18.7. The molecule has 0 N–H and O–H groups in total. The van der Waals surface area contributed by atoms with E-state index in [9.17, 15) is 0 Å². The van der Waals surface area contributed by atoms with E-state index in [0.717, 1.165) is 22.2 Å². The van der Waals surface area contributed by atoms with Crippen LogP contribution >= 0.6 is 22.7 Å². The molecule has 4 heterocycles. The van der Waals surface area contributed by atoms with E-state index in [1.807, 2.05) is 53.3 Å². The van der Waals surface area contributed by atoms with Crippen LogP contribution < -0.4 is 0 Å². The average molecular weight is 686 g/mol. The number of hydrogen-bond acceptors (Lipinski definition) is 4. The maximum atomic E-state index is 4.93. The summed E-state index contributed by atoms with van der Waals surface area (Å²) in [4.78, 5) is 9.86. The third-order valence-electron chi connectivity index (χ3n) is 10.1. The van der Waals surface area contributed by atoms with E-state index in [2.05, 4.69) is 138 Å². The van der Waals surface area contributed by atoms with Gasteiger partial charge in [0.05, 0.1) is 11.0 Å². The summed E-state index contributed by atoms with van der Waals surface area (Å²) >= 11 is 3.71. The topological polar surface area (TPSA) is 30.7 Å². The van der Waals surface area contributed by atoms with Gasteiger partial charge in [0.2, 0.25) is 5.95 Å². The smallest absolute Gasteiger partial charge is 0.234 e. The maximum absolute atomic E-state index is 4.93. The molecule has 0 spiro atoms. The van der Waals surface area contributed by atoms with Crippen molar-refractivity contribution in [2.45, 2.75) is 0 Å². The van der Waals surface area contributed by atoms with Crippen molar-refractivity contribution in [2.24, 2.45) is 0 Å². The molecule has 5 heteroatoms. The first-order valence-electron chi connectivity index (χ1n) is 17.0.